The molecule has 1 aliphatic rings. The van der Waals surface area contributed by atoms with E-state index in [0.717, 1.165) is 10.0 Å². The molecule has 0 aromatic heterocycles. The van der Waals surface area contributed by atoms with Gasteiger partial charge in [-0.15, -0.1) is 0 Å². The maximum atomic E-state index is 11.7. The first-order valence-corrected chi connectivity index (χ1v) is 5.78. The Hall–Kier alpha value is -1.07. The molecular weight excluding hydrogens is 293 g/mol. The van der Waals surface area contributed by atoms with Gasteiger partial charge in [-0.2, -0.15) is 0 Å². The summed E-state index contributed by atoms with van der Waals surface area (Å²) in [6.45, 7) is 0. The number of hydrogen-bond donors (Lipinski definition) is 2. The molecule has 84 valence electrons. The van der Waals surface area contributed by atoms with Crippen LogP contribution in [0.25, 0.3) is 0 Å². The second-order valence-corrected chi connectivity index (χ2v) is 4.63. The second-order valence-electron chi connectivity index (χ2n) is 3.30. The van der Waals surface area contributed by atoms with Gasteiger partial charge in [0.2, 0.25) is 0 Å². The molecule has 0 radical (unpaired) electrons. The first kappa shape index (κ1) is 11.4. The molecule has 1 aliphatic heterocycles. The minimum absolute atomic E-state index is 0.148. The standard InChI is InChI=1S/C10H9BrClN3O/c1-13-10-14-8(9(16)15-10)6-3-2-5(11)4-7(6)12/h2-4,8H,1H3,(H2,13,14,15,16). The van der Waals surface area contributed by atoms with E-state index in [1.807, 2.05) is 12.1 Å². The van der Waals surface area contributed by atoms with Crippen molar-refractivity contribution in [2.24, 2.45) is 4.99 Å². The van der Waals surface area contributed by atoms with Crippen LogP contribution in [0.1, 0.15) is 11.6 Å². The maximum absolute atomic E-state index is 11.7. The molecule has 1 aromatic rings. The largest absolute Gasteiger partial charge is 0.340 e. The van der Waals surface area contributed by atoms with Crippen molar-refractivity contribution < 1.29 is 4.79 Å². The van der Waals surface area contributed by atoms with Crippen LogP contribution in [-0.2, 0) is 4.79 Å². The maximum Gasteiger partial charge on any atom is 0.253 e. The number of carbonyl (C=O) groups excluding carboxylic acids is 1. The molecule has 0 saturated carbocycles. The van der Waals surface area contributed by atoms with E-state index in [9.17, 15) is 4.79 Å². The summed E-state index contributed by atoms with van der Waals surface area (Å²) in [5.74, 6) is 0.318. The summed E-state index contributed by atoms with van der Waals surface area (Å²) in [6.07, 6.45) is 0. The Bertz CT molecular complexity index is 475. The molecule has 1 aromatic carbocycles. The average molecular weight is 303 g/mol. The summed E-state index contributed by atoms with van der Waals surface area (Å²) in [5.41, 5.74) is 0.737. The lowest BCUT2D eigenvalue weighted by Crippen LogP contribution is -2.24. The van der Waals surface area contributed by atoms with Crippen molar-refractivity contribution in [3.05, 3.63) is 33.3 Å². The first-order chi connectivity index (χ1) is 7.61. The molecule has 6 heteroatoms. The number of hydrogen-bond acceptors (Lipinski definition) is 2. The molecule has 1 unspecified atom stereocenters. The van der Waals surface area contributed by atoms with Gasteiger partial charge in [0, 0.05) is 22.1 Å². The molecule has 1 amide bonds. The Balaban J connectivity index is 2.35. The zero-order valence-electron chi connectivity index (χ0n) is 8.42. The van der Waals surface area contributed by atoms with Gasteiger partial charge in [0.25, 0.3) is 5.91 Å². The van der Waals surface area contributed by atoms with Crippen molar-refractivity contribution in [3.63, 3.8) is 0 Å². The monoisotopic (exact) mass is 301 g/mol. The number of nitrogens with zero attached hydrogens (tertiary/aromatic N) is 1. The van der Waals surface area contributed by atoms with Crippen LogP contribution in [0.2, 0.25) is 5.02 Å². The summed E-state index contributed by atoms with van der Waals surface area (Å²) >= 11 is 9.39. The zero-order chi connectivity index (χ0) is 11.7. The van der Waals surface area contributed by atoms with E-state index in [1.165, 1.54) is 0 Å². The van der Waals surface area contributed by atoms with Crippen molar-refractivity contribution in [1.82, 2.24) is 10.6 Å². The van der Waals surface area contributed by atoms with Crippen molar-refractivity contribution in [2.45, 2.75) is 6.04 Å². The molecule has 0 bridgehead atoms. The molecule has 2 rings (SSSR count). The highest BCUT2D eigenvalue weighted by Crippen LogP contribution is 2.27. The highest BCUT2D eigenvalue weighted by molar-refractivity contribution is 9.10. The predicted octanol–water partition coefficient (Wildman–Crippen LogP) is 1.85. The molecule has 1 fully saturated rings. The molecule has 4 nitrogen and oxygen atoms in total. The van der Waals surface area contributed by atoms with Crippen LogP contribution in [0.4, 0.5) is 0 Å². The van der Waals surface area contributed by atoms with Crippen LogP contribution in [0.15, 0.2) is 27.7 Å². The molecule has 16 heavy (non-hydrogen) atoms. The lowest BCUT2D eigenvalue weighted by molar-refractivity contribution is -0.120. The Morgan fingerprint density at radius 2 is 2.25 bits per heavy atom. The van der Waals surface area contributed by atoms with E-state index < -0.39 is 6.04 Å². The SMILES string of the molecule is CN=C1NC(=O)C(c2ccc(Br)cc2Cl)N1. The molecule has 1 atom stereocenters. The highest BCUT2D eigenvalue weighted by Gasteiger charge is 2.30. The number of benzene rings is 1. The van der Waals surface area contributed by atoms with Crippen LogP contribution >= 0.6 is 27.5 Å². The minimum atomic E-state index is -0.473. The van der Waals surface area contributed by atoms with Crippen LogP contribution in [0, 0.1) is 0 Å². The third kappa shape index (κ3) is 2.05. The van der Waals surface area contributed by atoms with Gasteiger partial charge in [-0.1, -0.05) is 33.6 Å². The van der Waals surface area contributed by atoms with Gasteiger partial charge in [-0.25, -0.2) is 0 Å². The van der Waals surface area contributed by atoms with E-state index in [0.29, 0.717) is 11.0 Å². The van der Waals surface area contributed by atoms with Gasteiger partial charge in [0.15, 0.2) is 5.96 Å². The Morgan fingerprint density at radius 1 is 1.50 bits per heavy atom. The van der Waals surface area contributed by atoms with Crippen LogP contribution < -0.4 is 10.6 Å². The summed E-state index contributed by atoms with van der Waals surface area (Å²) in [4.78, 5) is 15.5. The number of amides is 1. The van der Waals surface area contributed by atoms with Crippen molar-refractivity contribution in [3.8, 4) is 0 Å². The highest BCUT2D eigenvalue weighted by atomic mass is 79.9. The number of rotatable bonds is 1. The summed E-state index contributed by atoms with van der Waals surface area (Å²) in [6, 6.07) is 4.94. The van der Waals surface area contributed by atoms with Crippen LogP contribution in [0.5, 0.6) is 0 Å². The lowest BCUT2D eigenvalue weighted by Gasteiger charge is -2.10. The fourth-order valence-corrected chi connectivity index (χ4v) is 2.28. The number of halogens is 2. The third-order valence-corrected chi connectivity index (χ3v) is 3.10. The quantitative estimate of drug-likeness (QED) is 0.832. The van der Waals surface area contributed by atoms with Crippen LogP contribution in [0.3, 0.4) is 0 Å². The van der Waals surface area contributed by atoms with Crippen molar-refractivity contribution in [2.75, 3.05) is 7.05 Å². The summed E-state index contributed by atoms with van der Waals surface area (Å²) in [7, 11) is 1.61. The predicted molar refractivity (Wildman–Crippen MR) is 66.5 cm³/mol. The van der Waals surface area contributed by atoms with E-state index in [2.05, 4.69) is 31.6 Å². The topological polar surface area (TPSA) is 53.5 Å². The van der Waals surface area contributed by atoms with Crippen molar-refractivity contribution in [1.29, 1.82) is 0 Å². The molecule has 2 N–H and O–H groups in total. The van der Waals surface area contributed by atoms with Crippen molar-refractivity contribution >= 4 is 39.4 Å². The van der Waals surface area contributed by atoms with E-state index >= 15 is 0 Å². The zero-order valence-corrected chi connectivity index (χ0v) is 10.8. The first-order valence-electron chi connectivity index (χ1n) is 4.61. The summed E-state index contributed by atoms with van der Waals surface area (Å²) < 4.78 is 0.879. The van der Waals surface area contributed by atoms with E-state index in [1.54, 1.807) is 13.1 Å². The Kier molecular flexibility index (Phi) is 3.16. The van der Waals surface area contributed by atoms with Gasteiger partial charge in [-0.3, -0.25) is 15.1 Å². The normalized spacial score (nSPS) is 22.1. The average Bonchev–Trinajstić information content (AvgIpc) is 2.60. The number of aliphatic imine (C=N–C) groups is 1. The molecule has 1 saturated heterocycles. The van der Waals surface area contributed by atoms with Gasteiger partial charge >= 0.3 is 0 Å². The van der Waals surface area contributed by atoms with Gasteiger partial charge < -0.3 is 5.32 Å². The number of carbonyl (C=O) groups is 1. The smallest absolute Gasteiger partial charge is 0.253 e. The fourth-order valence-electron chi connectivity index (χ4n) is 1.50. The molecule has 0 aliphatic carbocycles. The van der Waals surface area contributed by atoms with E-state index in [-0.39, 0.29) is 5.91 Å². The third-order valence-electron chi connectivity index (χ3n) is 2.28. The fraction of sp³-hybridized carbons (Fsp3) is 0.200. The molecule has 1 heterocycles. The van der Waals surface area contributed by atoms with E-state index in [4.69, 9.17) is 11.6 Å². The van der Waals surface area contributed by atoms with Crippen LogP contribution in [-0.4, -0.2) is 18.9 Å². The van der Waals surface area contributed by atoms with Gasteiger partial charge in [0.1, 0.15) is 6.04 Å². The number of nitrogens with one attached hydrogen (secondary N) is 2. The lowest BCUT2D eigenvalue weighted by atomic mass is 10.1. The van der Waals surface area contributed by atoms with Gasteiger partial charge in [0.05, 0.1) is 0 Å². The summed E-state index contributed by atoms with van der Waals surface area (Å²) in [5, 5.41) is 6.12. The number of guanidine groups is 1. The minimum Gasteiger partial charge on any atom is -0.340 e. The molecule has 0 spiro atoms. The Morgan fingerprint density at radius 3 is 2.81 bits per heavy atom. The van der Waals surface area contributed by atoms with Gasteiger partial charge in [-0.05, 0) is 12.1 Å². The molecular formula is C10H9BrClN3O. The second kappa shape index (κ2) is 4.43. The Labute approximate surface area is 106 Å².